The standard InChI is InChI=1S/C12H18O2/c1-9-2-4-10(5-3-9)12(13)11-6-7-14-8-11/h4,9,11H,2-3,5-8H2,1H3. The normalized spacial score (nSPS) is 32.8. The lowest BCUT2D eigenvalue weighted by atomic mass is 9.85. The first kappa shape index (κ1) is 9.91. The molecule has 0 aromatic carbocycles. The van der Waals surface area contributed by atoms with Crippen LogP contribution in [0.15, 0.2) is 11.6 Å². The number of hydrogen-bond donors (Lipinski definition) is 0. The third kappa shape index (κ3) is 2.06. The molecule has 1 saturated heterocycles. The zero-order valence-electron chi connectivity index (χ0n) is 8.79. The third-order valence-corrected chi connectivity index (χ3v) is 3.29. The molecule has 2 unspecified atom stereocenters. The van der Waals surface area contributed by atoms with E-state index in [-0.39, 0.29) is 5.92 Å². The van der Waals surface area contributed by atoms with Crippen LogP contribution >= 0.6 is 0 Å². The molecule has 0 radical (unpaired) electrons. The molecule has 2 nitrogen and oxygen atoms in total. The fourth-order valence-corrected chi connectivity index (χ4v) is 2.19. The van der Waals surface area contributed by atoms with E-state index in [4.69, 9.17) is 4.74 Å². The van der Waals surface area contributed by atoms with E-state index in [1.165, 1.54) is 6.42 Å². The average Bonchev–Trinajstić information content (AvgIpc) is 2.71. The summed E-state index contributed by atoms with van der Waals surface area (Å²) in [6, 6.07) is 0. The summed E-state index contributed by atoms with van der Waals surface area (Å²) < 4.78 is 5.24. The van der Waals surface area contributed by atoms with Gasteiger partial charge in [0, 0.05) is 12.5 Å². The van der Waals surface area contributed by atoms with Crippen molar-refractivity contribution in [3.05, 3.63) is 11.6 Å². The molecule has 0 saturated carbocycles. The number of hydrogen-bond acceptors (Lipinski definition) is 2. The van der Waals surface area contributed by atoms with Crippen LogP contribution in [0.25, 0.3) is 0 Å². The van der Waals surface area contributed by atoms with Crippen LogP contribution in [0.3, 0.4) is 0 Å². The van der Waals surface area contributed by atoms with Gasteiger partial charge in [-0.3, -0.25) is 4.79 Å². The Hall–Kier alpha value is -0.630. The maximum absolute atomic E-state index is 12.0. The van der Waals surface area contributed by atoms with E-state index >= 15 is 0 Å². The molecule has 1 fully saturated rings. The number of carbonyl (C=O) groups is 1. The molecule has 2 rings (SSSR count). The van der Waals surface area contributed by atoms with Crippen molar-refractivity contribution >= 4 is 5.78 Å². The van der Waals surface area contributed by atoms with Crippen LogP contribution < -0.4 is 0 Å². The van der Waals surface area contributed by atoms with Gasteiger partial charge in [-0.1, -0.05) is 13.0 Å². The second kappa shape index (κ2) is 4.26. The molecule has 0 aromatic rings. The predicted octanol–water partition coefficient (Wildman–Crippen LogP) is 2.34. The molecule has 1 heterocycles. The molecule has 1 aliphatic heterocycles. The SMILES string of the molecule is CC1CC=C(C(=O)C2CCOC2)CC1. The van der Waals surface area contributed by atoms with Crippen LogP contribution in [0, 0.1) is 11.8 Å². The van der Waals surface area contributed by atoms with Crippen molar-refractivity contribution < 1.29 is 9.53 Å². The number of carbonyl (C=O) groups excluding carboxylic acids is 1. The first-order valence-corrected chi connectivity index (χ1v) is 5.58. The van der Waals surface area contributed by atoms with Gasteiger partial charge in [0.25, 0.3) is 0 Å². The minimum atomic E-state index is 0.162. The fraction of sp³-hybridized carbons (Fsp3) is 0.750. The maximum atomic E-state index is 12.0. The van der Waals surface area contributed by atoms with Crippen molar-refractivity contribution in [1.29, 1.82) is 0 Å². The molecule has 2 atom stereocenters. The molecule has 0 amide bonds. The van der Waals surface area contributed by atoms with Crippen LogP contribution in [0.5, 0.6) is 0 Å². The van der Waals surface area contributed by atoms with Crippen molar-refractivity contribution in [3.63, 3.8) is 0 Å². The van der Waals surface area contributed by atoms with Crippen molar-refractivity contribution in [2.45, 2.75) is 32.6 Å². The zero-order chi connectivity index (χ0) is 9.97. The quantitative estimate of drug-likeness (QED) is 0.674. The highest BCUT2D eigenvalue weighted by Gasteiger charge is 2.27. The summed E-state index contributed by atoms with van der Waals surface area (Å²) in [6.07, 6.45) is 6.30. The third-order valence-electron chi connectivity index (χ3n) is 3.29. The highest BCUT2D eigenvalue weighted by molar-refractivity contribution is 5.97. The number of allylic oxidation sites excluding steroid dienone is 2. The van der Waals surface area contributed by atoms with Gasteiger partial charge in [-0.2, -0.15) is 0 Å². The molecule has 14 heavy (non-hydrogen) atoms. The van der Waals surface area contributed by atoms with Crippen LogP contribution in [0.1, 0.15) is 32.6 Å². The largest absolute Gasteiger partial charge is 0.381 e. The molecule has 78 valence electrons. The molecule has 0 spiro atoms. The van der Waals surface area contributed by atoms with Gasteiger partial charge >= 0.3 is 0 Å². The number of rotatable bonds is 2. The second-order valence-corrected chi connectivity index (χ2v) is 4.53. The molecule has 0 N–H and O–H groups in total. The fourth-order valence-electron chi connectivity index (χ4n) is 2.19. The lowest BCUT2D eigenvalue weighted by molar-refractivity contribution is -0.119. The molecular formula is C12H18O2. The van der Waals surface area contributed by atoms with Crippen LogP contribution in [-0.4, -0.2) is 19.0 Å². The Bertz CT molecular complexity index is 249. The minimum Gasteiger partial charge on any atom is -0.381 e. The lowest BCUT2D eigenvalue weighted by Crippen LogP contribution is -2.19. The van der Waals surface area contributed by atoms with Crippen LogP contribution in [0.4, 0.5) is 0 Å². The van der Waals surface area contributed by atoms with Gasteiger partial charge in [0.1, 0.15) is 0 Å². The second-order valence-electron chi connectivity index (χ2n) is 4.53. The summed E-state index contributed by atoms with van der Waals surface area (Å²) in [5, 5.41) is 0. The smallest absolute Gasteiger partial charge is 0.164 e. The Balaban J connectivity index is 1.97. The van der Waals surface area contributed by atoms with E-state index in [2.05, 4.69) is 13.0 Å². The van der Waals surface area contributed by atoms with E-state index in [1.54, 1.807) is 0 Å². The monoisotopic (exact) mass is 194 g/mol. The molecular weight excluding hydrogens is 176 g/mol. The van der Waals surface area contributed by atoms with Gasteiger partial charge in [0.05, 0.1) is 6.61 Å². The summed E-state index contributed by atoms with van der Waals surface area (Å²) >= 11 is 0. The highest BCUT2D eigenvalue weighted by atomic mass is 16.5. The first-order chi connectivity index (χ1) is 6.77. The van der Waals surface area contributed by atoms with Crippen molar-refractivity contribution in [3.8, 4) is 0 Å². The summed E-state index contributed by atoms with van der Waals surface area (Å²) in [7, 11) is 0. The Morgan fingerprint density at radius 2 is 2.36 bits per heavy atom. The zero-order valence-corrected chi connectivity index (χ0v) is 8.79. The molecule has 0 bridgehead atoms. The topological polar surface area (TPSA) is 26.3 Å². The van der Waals surface area contributed by atoms with Gasteiger partial charge < -0.3 is 4.74 Å². The highest BCUT2D eigenvalue weighted by Crippen LogP contribution is 2.27. The summed E-state index contributed by atoms with van der Waals surface area (Å²) in [4.78, 5) is 12.0. The Labute approximate surface area is 85.3 Å². The maximum Gasteiger partial charge on any atom is 0.164 e. The van der Waals surface area contributed by atoms with E-state index < -0.39 is 0 Å². The lowest BCUT2D eigenvalue weighted by Gasteiger charge is -2.18. The Morgan fingerprint density at radius 1 is 1.50 bits per heavy atom. The number of ketones is 1. The number of ether oxygens (including phenoxy) is 1. The molecule has 2 heteroatoms. The van der Waals surface area contributed by atoms with Gasteiger partial charge in [-0.25, -0.2) is 0 Å². The van der Waals surface area contributed by atoms with Crippen molar-refractivity contribution in [2.75, 3.05) is 13.2 Å². The molecule has 2 aliphatic rings. The van der Waals surface area contributed by atoms with Crippen molar-refractivity contribution in [2.24, 2.45) is 11.8 Å². The summed E-state index contributed by atoms with van der Waals surface area (Å²) in [5.74, 6) is 1.27. The molecule has 1 aliphatic carbocycles. The minimum absolute atomic E-state index is 0.162. The van der Waals surface area contributed by atoms with Gasteiger partial charge in [-0.15, -0.1) is 0 Å². The van der Waals surface area contributed by atoms with E-state index in [9.17, 15) is 4.79 Å². The Kier molecular flexibility index (Phi) is 3.02. The summed E-state index contributed by atoms with van der Waals surface area (Å²) in [6.45, 7) is 3.66. The van der Waals surface area contributed by atoms with Gasteiger partial charge in [-0.05, 0) is 37.2 Å². The van der Waals surface area contributed by atoms with E-state index in [1.807, 2.05) is 0 Å². The Morgan fingerprint density at radius 3 is 2.93 bits per heavy atom. The number of Topliss-reactive ketones (excluding diaryl/α,β-unsaturated/α-hetero) is 1. The van der Waals surface area contributed by atoms with Crippen LogP contribution in [0.2, 0.25) is 0 Å². The van der Waals surface area contributed by atoms with Gasteiger partial charge in [0.15, 0.2) is 5.78 Å². The van der Waals surface area contributed by atoms with Crippen LogP contribution in [-0.2, 0) is 9.53 Å². The predicted molar refractivity (Wildman–Crippen MR) is 55.0 cm³/mol. The van der Waals surface area contributed by atoms with E-state index in [0.717, 1.165) is 37.4 Å². The molecule has 0 aromatic heterocycles. The average molecular weight is 194 g/mol. The van der Waals surface area contributed by atoms with E-state index in [0.29, 0.717) is 12.4 Å². The first-order valence-electron chi connectivity index (χ1n) is 5.58. The van der Waals surface area contributed by atoms with Gasteiger partial charge in [0.2, 0.25) is 0 Å². The summed E-state index contributed by atoms with van der Waals surface area (Å²) in [5.41, 5.74) is 1.07. The van der Waals surface area contributed by atoms with Crippen molar-refractivity contribution in [1.82, 2.24) is 0 Å².